The maximum absolute atomic E-state index is 11.9. The van der Waals surface area contributed by atoms with Crippen LogP contribution in [0.25, 0.3) is 0 Å². The summed E-state index contributed by atoms with van der Waals surface area (Å²) in [7, 11) is -3.64. The molecule has 92 valence electrons. The summed E-state index contributed by atoms with van der Waals surface area (Å²) in [5, 5.41) is 8.53. The second-order valence-electron chi connectivity index (χ2n) is 3.52. The van der Waals surface area contributed by atoms with Gasteiger partial charge in [0.25, 0.3) is 10.0 Å². The number of nitrogens with zero attached hydrogens (tertiary/aromatic N) is 2. The minimum Gasteiger partial charge on any atom is -0.330 e. The second kappa shape index (κ2) is 4.89. The van der Waals surface area contributed by atoms with Gasteiger partial charge in [-0.3, -0.25) is 0 Å². The first-order valence-electron chi connectivity index (χ1n) is 5.10. The van der Waals surface area contributed by atoms with Gasteiger partial charge in [-0.25, -0.2) is 18.1 Å². The van der Waals surface area contributed by atoms with Gasteiger partial charge in [0.1, 0.15) is 0 Å². The molecule has 18 heavy (non-hydrogen) atoms. The van der Waals surface area contributed by atoms with Crippen LogP contribution >= 0.6 is 0 Å². The predicted molar refractivity (Wildman–Crippen MR) is 65.2 cm³/mol. The number of anilines is 1. The van der Waals surface area contributed by atoms with Crippen molar-refractivity contribution in [2.45, 2.75) is 11.3 Å². The van der Waals surface area contributed by atoms with E-state index in [4.69, 9.17) is 5.26 Å². The standard InChI is InChI=1S/C11H10N4O2S/c12-6-5-9-1-3-10(4-2-9)18(16,17)15-11-13-7-8-14-11/h1-4,7-8H,5H2,(H2,13,14,15). The predicted octanol–water partition coefficient (Wildman–Crippen LogP) is 1.28. The topological polar surface area (TPSA) is 98.6 Å². The van der Waals surface area contributed by atoms with Gasteiger partial charge in [-0.15, -0.1) is 0 Å². The minimum absolute atomic E-state index is 0.126. The van der Waals surface area contributed by atoms with Crippen molar-refractivity contribution >= 4 is 16.0 Å². The Hall–Kier alpha value is -2.33. The first-order chi connectivity index (χ1) is 8.62. The Balaban J connectivity index is 2.22. The molecule has 0 spiro atoms. The molecule has 0 saturated heterocycles. The lowest BCUT2D eigenvalue weighted by Crippen LogP contribution is -2.13. The van der Waals surface area contributed by atoms with Crippen LogP contribution in [0.2, 0.25) is 0 Å². The fraction of sp³-hybridized carbons (Fsp3) is 0.0909. The Bertz CT molecular complexity index is 654. The molecule has 0 radical (unpaired) electrons. The van der Waals surface area contributed by atoms with E-state index < -0.39 is 10.0 Å². The molecule has 0 atom stereocenters. The molecule has 0 aliphatic carbocycles. The molecule has 2 aromatic rings. The Morgan fingerprint density at radius 1 is 1.33 bits per heavy atom. The van der Waals surface area contributed by atoms with Crippen molar-refractivity contribution in [2.75, 3.05) is 4.72 Å². The Morgan fingerprint density at radius 2 is 2.06 bits per heavy atom. The van der Waals surface area contributed by atoms with Crippen LogP contribution in [0.1, 0.15) is 5.56 Å². The number of nitrogens with one attached hydrogen (secondary N) is 2. The van der Waals surface area contributed by atoms with E-state index >= 15 is 0 Å². The molecule has 2 N–H and O–H groups in total. The van der Waals surface area contributed by atoms with Crippen molar-refractivity contribution in [3.8, 4) is 6.07 Å². The zero-order valence-corrected chi connectivity index (χ0v) is 10.1. The number of benzene rings is 1. The SMILES string of the molecule is N#CCc1ccc(S(=O)(=O)Nc2ncc[nH]2)cc1. The quantitative estimate of drug-likeness (QED) is 0.866. The average Bonchev–Trinajstić information content (AvgIpc) is 2.82. The van der Waals surface area contributed by atoms with Crippen molar-refractivity contribution in [1.82, 2.24) is 9.97 Å². The second-order valence-corrected chi connectivity index (χ2v) is 5.20. The normalized spacial score (nSPS) is 10.8. The Morgan fingerprint density at radius 3 is 2.61 bits per heavy atom. The summed E-state index contributed by atoms with van der Waals surface area (Å²) in [6, 6.07) is 8.13. The summed E-state index contributed by atoms with van der Waals surface area (Å²) in [5.74, 6) is 0.163. The molecule has 1 aromatic carbocycles. The third-order valence-electron chi connectivity index (χ3n) is 2.25. The van der Waals surface area contributed by atoms with E-state index in [1.807, 2.05) is 6.07 Å². The molecule has 0 unspecified atom stereocenters. The maximum Gasteiger partial charge on any atom is 0.264 e. The molecule has 6 nitrogen and oxygen atoms in total. The lowest BCUT2D eigenvalue weighted by atomic mass is 10.2. The van der Waals surface area contributed by atoms with Crippen molar-refractivity contribution in [1.29, 1.82) is 5.26 Å². The first kappa shape index (κ1) is 12.1. The number of aromatic amines is 1. The van der Waals surface area contributed by atoms with Crippen LogP contribution in [-0.4, -0.2) is 18.4 Å². The number of hydrogen-bond donors (Lipinski definition) is 2. The number of sulfonamides is 1. The van der Waals surface area contributed by atoms with Gasteiger partial charge >= 0.3 is 0 Å². The maximum atomic E-state index is 11.9. The summed E-state index contributed by atoms with van der Waals surface area (Å²) < 4.78 is 26.2. The van der Waals surface area contributed by atoms with Gasteiger partial charge in [0.05, 0.1) is 17.4 Å². The number of imidazole rings is 1. The van der Waals surface area contributed by atoms with Crippen LogP contribution in [0.5, 0.6) is 0 Å². The fourth-order valence-corrected chi connectivity index (χ4v) is 2.36. The highest BCUT2D eigenvalue weighted by atomic mass is 32.2. The van der Waals surface area contributed by atoms with Crippen LogP contribution < -0.4 is 4.72 Å². The monoisotopic (exact) mass is 262 g/mol. The van der Waals surface area contributed by atoms with Crippen molar-refractivity contribution in [3.63, 3.8) is 0 Å². The minimum atomic E-state index is -3.64. The molecule has 1 aromatic heterocycles. The van der Waals surface area contributed by atoms with E-state index in [9.17, 15) is 8.42 Å². The molecule has 0 bridgehead atoms. The van der Waals surface area contributed by atoms with Gasteiger partial charge in [0.15, 0.2) is 0 Å². The molecule has 7 heteroatoms. The highest BCUT2D eigenvalue weighted by molar-refractivity contribution is 7.92. The molecular formula is C11H10N4O2S. The largest absolute Gasteiger partial charge is 0.330 e. The molecule has 2 rings (SSSR count). The van der Waals surface area contributed by atoms with Crippen LogP contribution in [0.15, 0.2) is 41.6 Å². The van der Waals surface area contributed by atoms with Crippen molar-refractivity contribution < 1.29 is 8.42 Å². The van der Waals surface area contributed by atoms with E-state index in [2.05, 4.69) is 14.7 Å². The molecular weight excluding hydrogens is 252 g/mol. The third-order valence-corrected chi connectivity index (χ3v) is 3.60. The van der Waals surface area contributed by atoms with E-state index in [0.717, 1.165) is 5.56 Å². The van der Waals surface area contributed by atoms with E-state index in [0.29, 0.717) is 0 Å². The van der Waals surface area contributed by atoms with Crippen LogP contribution in [-0.2, 0) is 16.4 Å². The summed E-state index contributed by atoms with van der Waals surface area (Å²) in [5.41, 5.74) is 0.773. The van der Waals surface area contributed by atoms with Crippen molar-refractivity contribution in [2.24, 2.45) is 0 Å². The van der Waals surface area contributed by atoms with Crippen LogP contribution in [0.3, 0.4) is 0 Å². The van der Waals surface area contributed by atoms with Gasteiger partial charge < -0.3 is 4.98 Å². The fourth-order valence-electron chi connectivity index (χ4n) is 1.39. The third kappa shape index (κ3) is 2.67. The Kier molecular flexibility index (Phi) is 3.30. The lowest BCUT2D eigenvalue weighted by Gasteiger charge is -2.05. The molecule has 0 aliphatic rings. The number of H-pyrrole nitrogens is 1. The Labute approximate surface area is 104 Å². The number of rotatable bonds is 4. The van der Waals surface area contributed by atoms with Gasteiger partial charge in [-0.2, -0.15) is 5.26 Å². The van der Waals surface area contributed by atoms with Gasteiger partial charge in [0.2, 0.25) is 5.95 Å². The summed E-state index contributed by atoms with van der Waals surface area (Å²) in [6.07, 6.45) is 3.23. The van der Waals surface area contributed by atoms with Crippen molar-refractivity contribution in [3.05, 3.63) is 42.2 Å². The molecule has 1 heterocycles. The number of aromatic nitrogens is 2. The molecule has 0 aliphatic heterocycles. The zero-order chi connectivity index (χ0) is 13.0. The van der Waals surface area contributed by atoms with Gasteiger partial charge in [0, 0.05) is 12.4 Å². The summed E-state index contributed by atoms with van der Waals surface area (Å²) in [6.45, 7) is 0. The average molecular weight is 262 g/mol. The molecule has 0 fully saturated rings. The van der Waals surface area contributed by atoms with E-state index in [1.54, 1.807) is 12.1 Å². The highest BCUT2D eigenvalue weighted by Crippen LogP contribution is 2.14. The number of hydrogen-bond acceptors (Lipinski definition) is 4. The van der Waals surface area contributed by atoms with Gasteiger partial charge in [-0.05, 0) is 17.7 Å². The molecule has 0 amide bonds. The van der Waals surface area contributed by atoms with E-state index in [1.165, 1.54) is 24.5 Å². The van der Waals surface area contributed by atoms with E-state index in [-0.39, 0.29) is 17.3 Å². The zero-order valence-electron chi connectivity index (χ0n) is 9.29. The smallest absolute Gasteiger partial charge is 0.264 e. The lowest BCUT2D eigenvalue weighted by molar-refractivity contribution is 0.601. The van der Waals surface area contributed by atoms with Crippen LogP contribution in [0.4, 0.5) is 5.95 Å². The summed E-state index contributed by atoms with van der Waals surface area (Å²) >= 11 is 0. The molecule has 0 saturated carbocycles. The van der Waals surface area contributed by atoms with Gasteiger partial charge in [-0.1, -0.05) is 12.1 Å². The highest BCUT2D eigenvalue weighted by Gasteiger charge is 2.14. The summed E-state index contributed by atoms with van der Waals surface area (Å²) in [4.78, 5) is 6.56. The first-order valence-corrected chi connectivity index (χ1v) is 6.58. The van der Waals surface area contributed by atoms with Crippen LogP contribution in [0, 0.1) is 11.3 Å². The number of nitriles is 1.